The van der Waals surface area contributed by atoms with E-state index in [0.29, 0.717) is 6.04 Å². The highest BCUT2D eigenvalue weighted by atomic mass is 16.3. The summed E-state index contributed by atoms with van der Waals surface area (Å²) in [5.41, 5.74) is 1.06. The molecule has 1 unspecified atom stereocenters. The summed E-state index contributed by atoms with van der Waals surface area (Å²) in [6.07, 6.45) is 8.09. The Balaban J connectivity index is 2.01. The van der Waals surface area contributed by atoms with E-state index in [-0.39, 0.29) is 5.75 Å². The number of hydrogen-bond donors (Lipinski definition) is 1. The fraction of sp³-hybridized carbons (Fsp3) is 0.643. The van der Waals surface area contributed by atoms with Crippen LogP contribution in [0, 0.1) is 0 Å². The van der Waals surface area contributed by atoms with Crippen LogP contribution in [0.5, 0.6) is 5.75 Å². The Bertz CT molecular complexity index is 337. The van der Waals surface area contributed by atoms with Crippen LogP contribution in [0.2, 0.25) is 0 Å². The zero-order chi connectivity index (χ0) is 12.1. The minimum absolute atomic E-state index is 0.247. The molecule has 1 aromatic heterocycles. The van der Waals surface area contributed by atoms with Crippen LogP contribution in [-0.2, 0) is 6.54 Å². The van der Waals surface area contributed by atoms with E-state index in [1.54, 1.807) is 6.07 Å². The van der Waals surface area contributed by atoms with Gasteiger partial charge in [0.25, 0.3) is 0 Å². The number of likely N-dealkylation sites (tertiary alicyclic amines) is 1. The smallest absolute Gasteiger partial charge is 0.133 e. The van der Waals surface area contributed by atoms with Crippen molar-refractivity contribution in [1.29, 1.82) is 0 Å². The Morgan fingerprint density at radius 2 is 2.24 bits per heavy atom. The van der Waals surface area contributed by atoms with Crippen molar-refractivity contribution in [1.82, 2.24) is 9.88 Å². The van der Waals surface area contributed by atoms with Gasteiger partial charge in [-0.05, 0) is 37.9 Å². The lowest BCUT2D eigenvalue weighted by atomic mass is 10.1. The van der Waals surface area contributed by atoms with Crippen LogP contribution in [0.4, 0.5) is 0 Å². The maximum Gasteiger partial charge on any atom is 0.133 e. The van der Waals surface area contributed by atoms with Crippen LogP contribution in [0.15, 0.2) is 18.3 Å². The molecule has 0 saturated carbocycles. The number of pyridine rings is 1. The highest BCUT2D eigenvalue weighted by molar-refractivity contribution is 5.17. The van der Waals surface area contributed by atoms with E-state index in [9.17, 15) is 5.11 Å². The van der Waals surface area contributed by atoms with Gasteiger partial charge < -0.3 is 5.11 Å². The zero-order valence-corrected chi connectivity index (χ0v) is 10.6. The van der Waals surface area contributed by atoms with Crippen LogP contribution in [0.1, 0.15) is 44.7 Å². The van der Waals surface area contributed by atoms with E-state index in [1.807, 2.05) is 6.07 Å². The van der Waals surface area contributed by atoms with Crippen molar-refractivity contribution in [3.8, 4) is 5.75 Å². The summed E-state index contributed by atoms with van der Waals surface area (Å²) in [6, 6.07) is 4.35. The largest absolute Gasteiger partial charge is 0.506 e. The Morgan fingerprint density at radius 1 is 1.35 bits per heavy atom. The third-order valence-electron chi connectivity index (χ3n) is 3.64. The van der Waals surface area contributed by atoms with Gasteiger partial charge in [0.05, 0.1) is 11.9 Å². The summed E-state index contributed by atoms with van der Waals surface area (Å²) in [5.74, 6) is 0.247. The fourth-order valence-corrected chi connectivity index (χ4v) is 2.63. The molecule has 3 nitrogen and oxygen atoms in total. The summed E-state index contributed by atoms with van der Waals surface area (Å²) >= 11 is 0. The van der Waals surface area contributed by atoms with Crippen LogP contribution in [-0.4, -0.2) is 27.6 Å². The zero-order valence-electron chi connectivity index (χ0n) is 10.6. The molecule has 1 aromatic rings. The van der Waals surface area contributed by atoms with Gasteiger partial charge in [-0.15, -0.1) is 0 Å². The second kappa shape index (κ2) is 6.01. The highest BCUT2D eigenvalue weighted by Crippen LogP contribution is 2.21. The van der Waals surface area contributed by atoms with Gasteiger partial charge in [-0.3, -0.25) is 9.88 Å². The first-order valence-corrected chi connectivity index (χ1v) is 6.67. The van der Waals surface area contributed by atoms with E-state index in [4.69, 9.17) is 0 Å². The predicted molar refractivity (Wildman–Crippen MR) is 68.9 cm³/mol. The molecule has 1 fully saturated rings. The minimum atomic E-state index is 0.247. The Morgan fingerprint density at radius 3 is 2.94 bits per heavy atom. The lowest BCUT2D eigenvalue weighted by molar-refractivity contribution is 0.184. The Labute approximate surface area is 103 Å². The number of aromatic hydroxyl groups is 1. The summed E-state index contributed by atoms with van der Waals surface area (Å²) in [7, 11) is 0. The second-order valence-corrected chi connectivity index (χ2v) is 4.89. The topological polar surface area (TPSA) is 36.4 Å². The van der Waals surface area contributed by atoms with Gasteiger partial charge in [-0.25, -0.2) is 0 Å². The normalized spacial score (nSPS) is 22.3. The number of rotatable bonds is 3. The molecule has 17 heavy (non-hydrogen) atoms. The van der Waals surface area contributed by atoms with Gasteiger partial charge in [0.1, 0.15) is 5.75 Å². The van der Waals surface area contributed by atoms with Gasteiger partial charge in [-0.1, -0.05) is 19.8 Å². The minimum Gasteiger partial charge on any atom is -0.506 e. The third-order valence-corrected chi connectivity index (χ3v) is 3.64. The molecule has 0 spiro atoms. The van der Waals surface area contributed by atoms with Crippen molar-refractivity contribution in [3.05, 3.63) is 24.0 Å². The highest BCUT2D eigenvalue weighted by Gasteiger charge is 2.19. The summed E-state index contributed by atoms with van der Waals surface area (Å²) in [6.45, 7) is 4.37. The first kappa shape index (κ1) is 12.4. The first-order chi connectivity index (χ1) is 8.29. The summed E-state index contributed by atoms with van der Waals surface area (Å²) in [4.78, 5) is 6.83. The third kappa shape index (κ3) is 3.43. The van der Waals surface area contributed by atoms with Crippen molar-refractivity contribution < 1.29 is 5.11 Å². The molecule has 1 aliphatic heterocycles. The van der Waals surface area contributed by atoms with Crippen molar-refractivity contribution in [3.63, 3.8) is 0 Å². The standard InChI is InChI=1S/C14H22N2O/c1-2-13-6-4-3-5-9-16(13)11-12-7-8-14(17)10-15-12/h7-8,10,13,17H,2-6,9,11H2,1H3. The number of nitrogens with zero attached hydrogens (tertiary/aromatic N) is 2. The predicted octanol–water partition coefficient (Wildman–Crippen LogP) is 2.94. The lowest BCUT2D eigenvalue weighted by Crippen LogP contribution is -2.34. The molecule has 0 amide bonds. The van der Waals surface area contributed by atoms with E-state index < -0.39 is 0 Å². The molecule has 1 atom stereocenters. The molecule has 1 saturated heterocycles. The van der Waals surface area contributed by atoms with E-state index >= 15 is 0 Å². The van der Waals surface area contributed by atoms with Gasteiger partial charge in [0, 0.05) is 12.6 Å². The van der Waals surface area contributed by atoms with Gasteiger partial charge in [0.2, 0.25) is 0 Å². The monoisotopic (exact) mass is 234 g/mol. The van der Waals surface area contributed by atoms with Crippen LogP contribution in [0.3, 0.4) is 0 Å². The Hall–Kier alpha value is -1.09. The first-order valence-electron chi connectivity index (χ1n) is 6.67. The molecule has 0 radical (unpaired) electrons. The SMILES string of the molecule is CCC1CCCCCN1Cc1ccc(O)cn1. The quantitative estimate of drug-likeness (QED) is 0.873. The molecular formula is C14H22N2O. The number of aromatic nitrogens is 1. The van der Waals surface area contributed by atoms with E-state index in [0.717, 1.165) is 12.2 Å². The lowest BCUT2D eigenvalue weighted by Gasteiger charge is -2.28. The van der Waals surface area contributed by atoms with Crippen molar-refractivity contribution in [2.75, 3.05) is 6.54 Å². The summed E-state index contributed by atoms with van der Waals surface area (Å²) < 4.78 is 0. The molecule has 2 heterocycles. The maximum atomic E-state index is 9.23. The molecule has 1 aliphatic rings. The molecule has 0 bridgehead atoms. The molecule has 0 aliphatic carbocycles. The van der Waals surface area contributed by atoms with Gasteiger partial charge in [-0.2, -0.15) is 0 Å². The van der Waals surface area contributed by atoms with Crippen LogP contribution in [0.25, 0.3) is 0 Å². The number of hydrogen-bond acceptors (Lipinski definition) is 3. The second-order valence-electron chi connectivity index (χ2n) is 4.89. The van der Waals surface area contributed by atoms with Gasteiger partial charge in [0.15, 0.2) is 0 Å². The molecule has 0 aromatic carbocycles. The van der Waals surface area contributed by atoms with Crippen LogP contribution < -0.4 is 0 Å². The summed E-state index contributed by atoms with van der Waals surface area (Å²) in [5, 5.41) is 9.23. The average Bonchev–Trinajstić information content (AvgIpc) is 2.57. The van der Waals surface area contributed by atoms with Crippen LogP contribution >= 0.6 is 0 Å². The fourth-order valence-electron chi connectivity index (χ4n) is 2.63. The molecule has 1 N–H and O–H groups in total. The van der Waals surface area contributed by atoms with Gasteiger partial charge >= 0.3 is 0 Å². The average molecular weight is 234 g/mol. The van der Waals surface area contributed by atoms with E-state index in [1.165, 1.54) is 44.8 Å². The molecule has 94 valence electrons. The van der Waals surface area contributed by atoms with E-state index in [2.05, 4.69) is 16.8 Å². The van der Waals surface area contributed by atoms with Crippen molar-refractivity contribution in [2.24, 2.45) is 0 Å². The molecular weight excluding hydrogens is 212 g/mol. The van der Waals surface area contributed by atoms with Crippen molar-refractivity contribution in [2.45, 2.75) is 51.6 Å². The maximum absolute atomic E-state index is 9.23. The van der Waals surface area contributed by atoms with Crippen molar-refractivity contribution >= 4 is 0 Å². The molecule has 3 heteroatoms. The molecule has 2 rings (SSSR count). The Kier molecular flexibility index (Phi) is 4.37.